The van der Waals surface area contributed by atoms with Crippen molar-refractivity contribution in [3.8, 4) is 17.0 Å². The summed E-state index contributed by atoms with van der Waals surface area (Å²) in [6.07, 6.45) is 3.23. The summed E-state index contributed by atoms with van der Waals surface area (Å²) in [4.78, 5) is 5.37. The van der Waals surface area contributed by atoms with E-state index < -0.39 is 0 Å². The number of aromatic amines is 1. The first-order valence-corrected chi connectivity index (χ1v) is 7.95. The van der Waals surface area contributed by atoms with Gasteiger partial charge in [0, 0.05) is 30.2 Å². The summed E-state index contributed by atoms with van der Waals surface area (Å²) in [5.41, 5.74) is 3.89. The van der Waals surface area contributed by atoms with Gasteiger partial charge in [0.25, 0.3) is 0 Å². The summed E-state index contributed by atoms with van der Waals surface area (Å²) < 4.78 is 6.17. The van der Waals surface area contributed by atoms with Crippen LogP contribution < -0.4 is 4.74 Å². The van der Waals surface area contributed by atoms with Crippen molar-refractivity contribution < 1.29 is 4.74 Å². The molecule has 23 heavy (non-hydrogen) atoms. The van der Waals surface area contributed by atoms with Gasteiger partial charge in [-0.3, -0.25) is 0 Å². The molecule has 1 fully saturated rings. The molecule has 2 aromatic heterocycles. The van der Waals surface area contributed by atoms with Crippen LogP contribution in [-0.4, -0.2) is 46.3 Å². The number of nitrogens with zero attached hydrogens (tertiary/aromatic N) is 3. The van der Waals surface area contributed by atoms with Gasteiger partial charge in [0.1, 0.15) is 11.9 Å². The molecule has 118 valence electrons. The Kier molecular flexibility index (Phi) is 3.50. The van der Waals surface area contributed by atoms with E-state index in [1.54, 1.807) is 0 Å². The zero-order chi connectivity index (χ0) is 15.8. The van der Waals surface area contributed by atoms with Crippen LogP contribution in [0, 0.1) is 6.92 Å². The lowest BCUT2D eigenvalue weighted by Crippen LogP contribution is -2.21. The molecule has 1 aliphatic heterocycles. The van der Waals surface area contributed by atoms with Gasteiger partial charge in [0.2, 0.25) is 0 Å². The maximum Gasteiger partial charge on any atom is 0.159 e. The van der Waals surface area contributed by atoms with E-state index in [4.69, 9.17) is 4.74 Å². The number of ether oxygens (including phenoxy) is 1. The average molecular weight is 308 g/mol. The van der Waals surface area contributed by atoms with Crippen LogP contribution in [0.15, 0.2) is 36.5 Å². The Balaban J connectivity index is 1.65. The van der Waals surface area contributed by atoms with Crippen LogP contribution in [0.25, 0.3) is 22.3 Å². The van der Waals surface area contributed by atoms with Crippen LogP contribution >= 0.6 is 0 Å². The minimum atomic E-state index is 0.271. The number of likely N-dealkylation sites (tertiary alicyclic amines) is 1. The van der Waals surface area contributed by atoms with E-state index in [-0.39, 0.29) is 6.10 Å². The quantitative estimate of drug-likeness (QED) is 0.808. The highest BCUT2D eigenvalue weighted by Gasteiger charge is 2.21. The lowest BCUT2D eigenvalue weighted by Gasteiger charge is -2.15. The molecule has 1 N–H and O–H groups in total. The molecule has 3 aromatic rings. The third kappa shape index (κ3) is 2.92. The normalized spacial score (nSPS) is 18.6. The fourth-order valence-corrected chi connectivity index (χ4v) is 3.14. The highest BCUT2D eigenvalue weighted by atomic mass is 16.5. The Labute approximate surface area is 135 Å². The third-order valence-corrected chi connectivity index (χ3v) is 4.30. The van der Waals surface area contributed by atoms with E-state index in [1.807, 2.05) is 12.3 Å². The van der Waals surface area contributed by atoms with Gasteiger partial charge in [-0.25, -0.2) is 0 Å². The molecule has 0 spiro atoms. The second-order valence-corrected chi connectivity index (χ2v) is 6.34. The Hall–Kier alpha value is -2.40. The standard InChI is InChI=1S/C18H20N4O/c1-12-7-14(17-10-13-3-5-19-18(13)21-20-17)9-16(8-12)23-15-4-6-22(2)11-15/h3,5,7-10,15H,4,6,11H2,1-2H3,(H,19,21)/t15-/m1/s1. The van der Waals surface area contributed by atoms with Crippen LogP contribution in [-0.2, 0) is 0 Å². The van der Waals surface area contributed by atoms with Gasteiger partial charge < -0.3 is 14.6 Å². The van der Waals surface area contributed by atoms with Crippen molar-refractivity contribution in [2.45, 2.75) is 19.4 Å². The zero-order valence-electron chi connectivity index (χ0n) is 13.4. The first kappa shape index (κ1) is 14.2. The monoisotopic (exact) mass is 308 g/mol. The Bertz CT molecular complexity index is 842. The molecule has 1 aliphatic rings. The highest BCUT2D eigenvalue weighted by Crippen LogP contribution is 2.27. The third-order valence-electron chi connectivity index (χ3n) is 4.30. The van der Waals surface area contributed by atoms with Crippen LogP contribution in [0.2, 0.25) is 0 Å². The number of H-pyrrole nitrogens is 1. The molecular weight excluding hydrogens is 288 g/mol. The van der Waals surface area contributed by atoms with E-state index in [0.29, 0.717) is 0 Å². The van der Waals surface area contributed by atoms with Crippen molar-refractivity contribution in [2.75, 3.05) is 20.1 Å². The molecule has 0 radical (unpaired) electrons. The lowest BCUT2D eigenvalue weighted by molar-refractivity contribution is 0.208. The highest BCUT2D eigenvalue weighted by molar-refractivity contribution is 5.79. The fraction of sp³-hybridized carbons (Fsp3) is 0.333. The van der Waals surface area contributed by atoms with Crippen LogP contribution in [0.1, 0.15) is 12.0 Å². The molecule has 1 aromatic carbocycles. The molecule has 1 saturated heterocycles. The van der Waals surface area contributed by atoms with Gasteiger partial charge in [-0.05, 0) is 56.3 Å². The number of hydrogen-bond acceptors (Lipinski definition) is 4. The number of likely N-dealkylation sites (N-methyl/N-ethyl adjacent to an activating group) is 1. The number of aryl methyl sites for hydroxylation is 1. The number of aromatic nitrogens is 3. The summed E-state index contributed by atoms with van der Waals surface area (Å²) in [5.74, 6) is 0.913. The molecule has 0 bridgehead atoms. The van der Waals surface area contributed by atoms with E-state index in [1.165, 1.54) is 5.56 Å². The molecule has 0 saturated carbocycles. The van der Waals surface area contributed by atoms with Crippen molar-refractivity contribution in [1.29, 1.82) is 0 Å². The Morgan fingerprint density at radius 3 is 2.96 bits per heavy atom. The fourth-order valence-electron chi connectivity index (χ4n) is 3.14. The van der Waals surface area contributed by atoms with Crippen LogP contribution in [0.5, 0.6) is 5.75 Å². The molecular formula is C18H20N4O. The zero-order valence-corrected chi connectivity index (χ0v) is 13.4. The number of rotatable bonds is 3. The number of fused-ring (bicyclic) bond motifs is 1. The second kappa shape index (κ2) is 5.66. The average Bonchev–Trinajstić information content (AvgIpc) is 3.14. The Morgan fingerprint density at radius 2 is 2.13 bits per heavy atom. The molecule has 1 atom stereocenters. The van der Waals surface area contributed by atoms with Crippen molar-refractivity contribution in [2.24, 2.45) is 0 Å². The molecule has 0 amide bonds. The number of nitrogens with one attached hydrogen (secondary N) is 1. The molecule has 5 heteroatoms. The molecule has 3 heterocycles. The first-order valence-electron chi connectivity index (χ1n) is 7.95. The van der Waals surface area contributed by atoms with Gasteiger partial charge in [-0.2, -0.15) is 0 Å². The summed E-state index contributed by atoms with van der Waals surface area (Å²) in [7, 11) is 2.13. The molecule has 5 nitrogen and oxygen atoms in total. The van der Waals surface area contributed by atoms with Crippen LogP contribution in [0.3, 0.4) is 0 Å². The summed E-state index contributed by atoms with van der Waals surface area (Å²) >= 11 is 0. The van der Waals surface area contributed by atoms with E-state index in [0.717, 1.165) is 47.6 Å². The van der Waals surface area contributed by atoms with E-state index in [9.17, 15) is 0 Å². The van der Waals surface area contributed by atoms with Crippen molar-refractivity contribution >= 4 is 11.0 Å². The van der Waals surface area contributed by atoms with Gasteiger partial charge >= 0.3 is 0 Å². The van der Waals surface area contributed by atoms with E-state index >= 15 is 0 Å². The summed E-state index contributed by atoms with van der Waals surface area (Å²) in [5, 5.41) is 9.63. The topological polar surface area (TPSA) is 54.0 Å². The van der Waals surface area contributed by atoms with Gasteiger partial charge in [0.15, 0.2) is 5.65 Å². The predicted molar refractivity (Wildman–Crippen MR) is 90.6 cm³/mol. The largest absolute Gasteiger partial charge is 0.489 e. The predicted octanol–water partition coefficient (Wildman–Crippen LogP) is 3.02. The molecule has 4 rings (SSSR count). The maximum absolute atomic E-state index is 6.17. The Morgan fingerprint density at radius 1 is 1.22 bits per heavy atom. The number of hydrogen-bond donors (Lipinski definition) is 1. The molecule has 0 aliphatic carbocycles. The first-order chi connectivity index (χ1) is 11.2. The van der Waals surface area contributed by atoms with Gasteiger partial charge in [0.05, 0.1) is 5.69 Å². The van der Waals surface area contributed by atoms with Crippen molar-refractivity contribution in [3.05, 3.63) is 42.1 Å². The SMILES string of the molecule is Cc1cc(O[C@@H]2CCN(C)C2)cc(-c2cc3cc[nH]c3nn2)c1. The van der Waals surface area contributed by atoms with E-state index in [2.05, 4.69) is 58.3 Å². The summed E-state index contributed by atoms with van der Waals surface area (Å²) in [6, 6.07) is 10.3. The second-order valence-electron chi connectivity index (χ2n) is 6.34. The lowest BCUT2D eigenvalue weighted by atomic mass is 10.1. The summed E-state index contributed by atoms with van der Waals surface area (Å²) in [6.45, 7) is 4.16. The van der Waals surface area contributed by atoms with Crippen molar-refractivity contribution in [3.63, 3.8) is 0 Å². The van der Waals surface area contributed by atoms with Gasteiger partial charge in [-0.1, -0.05) is 0 Å². The van der Waals surface area contributed by atoms with Crippen LogP contribution in [0.4, 0.5) is 0 Å². The van der Waals surface area contributed by atoms with Crippen molar-refractivity contribution in [1.82, 2.24) is 20.1 Å². The van der Waals surface area contributed by atoms with Gasteiger partial charge in [-0.15, -0.1) is 10.2 Å². The minimum Gasteiger partial charge on any atom is -0.489 e. The minimum absolute atomic E-state index is 0.271. The number of benzene rings is 1. The maximum atomic E-state index is 6.17. The smallest absolute Gasteiger partial charge is 0.159 e. The molecule has 0 unspecified atom stereocenters.